The molecule has 3 nitrogen and oxygen atoms in total. The molecule has 2 aromatic rings. The second-order valence-corrected chi connectivity index (χ2v) is 7.00. The molecule has 1 aromatic heterocycles. The minimum absolute atomic E-state index is 0.225. The Labute approximate surface area is 132 Å². The predicted molar refractivity (Wildman–Crippen MR) is 89.9 cm³/mol. The zero-order valence-electron chi connectivity index (χ0n) is 13.4. The van der Waals surface area contributed by atoms with Crippen molar-refractivity contribution < 1.29 is 5.11 Å². The Morgan fingerprint density at radius 1 is 1.32 bits per heavy atom. The van der Waals surface area contributed by atoms with Crippen LogP contribution in [0, 0.1) is 11.8 Å². The lowest BCUT2D eigenvalue weighted by molar-refractivity contribution is -0.00300. The Morgan fingerprint density at radius 2 is 2.18 bits per heavy atom. The zero-order valence-corrected chi connectivity index (χ0v) is 13.4. The van der Waals surface area contributed by atoms with Crippen LogP contribution in [0.1, 0.15) is 43.5 Å². The van der Waals surface area contributed by atoms with E-state index in [0.29, 0.717) is 6.04 Å². The van der Waals surface area contributed by atoms with Crippen molar-refractivity contribution in [3.05, 3.63) is 35.5 Å². The second-order valence-electron chi connectivity index (χ2n) is 7.00. The van der Waals surface area contributed by atoms with Crippen molar-refractivity contribution in [3.63, 3.8) is 0 Å². The number of aromatic amines is 1. The number of H-pyrrole nitrogens is 1. The molecule has 4 unspecified atom stereocenters. The van der Waals surface area contributed by atoms with Gasteiger partial charge in [-0.25, -0.2) is 0 Å². The normalized spacial score (nSPS) is 31.0. The molecule has 2 bridgehead atoms. The molecular formula is C19H26N2O. The van der Waals surface area contributed by atoms with E-state index in [0.717, 1.165) is 18.3 Å². The molecule has 0 spiro atoms. The Morgan fingerprint density at radius 3 is 2.91 bits per heavy atom. The van der Waals surface area contributed by atoms with Crippen molar-refractivity contribution in [2.75, 3.05) is 19.7 Å². The van der Waals surface area contributed by atoms with E-state index in [1.807, 2.05) is 0 Å². The summed E-state index contributed by atoms with van der Waals surface area (Å²) >= 11 is 0. The highest BCUT2D eigenvalue weighted by Crippen LogP contribution is 2.45. The Hall–Kier alpha value is -1.32. The summed E-state index contributed by atoms with van der Waals surface area (Å²) < 4.78 is 0. The standard InChI is InChI=1S/C19H26N2O/c1-2-13-12-21-9-7-14(13)11-18(21)19-16(8-10-22)15-5-3-4-6-17(15)20-19/h3-6,13-14,18,20,22H,2,7-12H2,1H3. The smallest absolute Gasteiger partial charge is 0.0504 e. The molecule has 5 rings (SSSR count). The third-order valence-corrected chi connectivity index (χ3v) is 5.96. The van der Waals surface area contributed by atoms with Crippen molar-refractivity contribution in [2.45, 2.75) is 38.6 Å². The van der Waals surface area contributed by atoms with Crippen LogP contribution in [0.25, 0.3) is 10.9 Å². The molecule has 3 aliphatic heterocycles. The number of rotatable bonds is 4. The number of nitrogens with one attached hydrogen (secondary N) is 1. The largest absolute Gasteiger partial charge is 0.396 e. The molecule has 2 N–H and O–H groups in total. The predicted octanol–water partition coefficient (Wildman–Crippen LogP) is 3.50. The van der Waals surface area contributed by atoms with E-state index in [9.17, 15) is 5.11 Å². The average Bonchev–Trinajstić information content (AvgIpc) is 2.94. The van der Waals surface area contributed by atoms with Crippen molar-refractivity contribution >= 4 is 10.9 Å². The average molecular weight is 298 g/mol. The quantitative estimate of drug-likeness (QED) is 0.907. The van der Waals surface area contributed by atoms with Gasteiger partial charge < -0.3 is 10.1 Å². The lowest BCUT2D eigenvalue weighted by atomic mass is 9.73. The molecule has 0 radical (unpaired) electrons. The molecule has 1 aromatic carbocycles. The van der Waals surface area contributed by atoms with Crippen molar-refractivity contribution in [2.24, 2.45) is 11.8 Å². The van der Waals surface area contributed by atoms with Crippen LogP contribution in [0.15, 0.2) is 24.3 Å². The van der Waals surface area contributed by atoms with E-state index in [1.54, 1.807) is 0 Å². The number of aliphatic hydroxyl groups excluding tert-OH is 1. The number of aliphatic hydroxyl groups is 1. The number of piperidine rings is 3. The first kappa shape index (κ1) is 14.3. The highest BCUT2D eigenvalue weighted by molar-refractivity contribution is 5.84. The Bertz CT molecular complexity index is 662. The van der Waals surface area contributed by atoms with E-state index in [-0.39, 0.29) is 6.61 Å². The van der Waals surface area contributed by atoms with Gasteiger partial charge in [0.1, 0.15) is 0 Å². The van der Waals surface area contributed by atoms with E-state index in [2.05, 4.69) is 41.1 Å². The Balaban J connectivity index is 1.73. The lowest BCUT2D eigenvalue weighted by Crippen LogP contribution is -2.49. The molecule has 3 saturated heterocycles. The van der Waals surface area contributed by atoms with Crippen LogP contribution < -0.4 is 0 Å². The van der Waals surface area contributed by atoms with E-state index in [1.165, 1.54) is 54.5 Å². The fourth-order valence-electron chi connectivity index (χ4n) is 4.79. The molecule has 4 heterocycles. The number of fused-ring (bicyclic) bond motifs is 4. The van der Waals surface area contributed by atoms with Gasteiger partial charge in [-0.1, -0.05) is 31.5 Å². The molecule has 4 atom stereocenters. The summed E-state index contributed by atoms with van der Waals surface area (Å²) in [6.45, 7) is 5.05. The Kier molecular flexibility index (Phi) is 3.71. The molecular weight excluding hydrogens is 272 g/mol. The molecule has 3 heteroatoms. The van der Waals surface area contributed by atoms with Crippen LogP contribution >= 0.6 is 0 Å². The van der Waals surface area contributed by atoms with Gasteiger partial charge in [-0.15, -0.1) is 0 Å². The molecule has 3 fully saturated rings. The number of para-hydroxylation sites is 1. The van der Waals surface area contributed by atoms with Crippen LogP contribution in [0.2, 0.25) is 0 Å². The fraction of sp³-hybridized carbons (Fsp3) is 0.579. The number of hydrogen-bond donors (Lipinski definition) is 2. The number of hydrogen-bond acceptors (Lipinski definition) is 2. The number of nitrogens with zero attached hydrogens (tertiary/aromatic N) is 1. The monoisotopic (exact) mass is 298 g/mol. The van der Waals surface area contributed by atoms with Gasteiger partial charge in [0.15, 0.2) is 0 Å². The van der Waals surface area contributed by atoms with E-state index >= 15 is 0 Å². The van der Waals surface area contributed by atoms with Crippen molar-refractivity contribution in [1.29, 1.82) is 0 Å². The summed E-state index contributed by atoms with van der Waals surface area (Å²) in [5.41, 5.74) is 3.92. The van der Waals surface area contributed by atoms with Gasteiger partial charge in [-0.3, -0.25) is 4.90 Å². The first-order chi connectivity index (χ1) is 10.8. The van der Waals surface area contributed by atoms with Crippen LogP contribution in [-0.4, -0.2) is 34.7 Å². The van der Waals surface area contributed by atoms with Crippen LogP contribution in [0.5, 0.6) is 0 Å². The maximum atomic E-state index is 9.50. The van der Waals surface area contributed by atoms with Gasteiger partial charge >= 0.3 is 0 Å². The van der Waals surface area contributed by atoms with Gasteiger partial charge in [0.05, 0.1) is 6.04 Å². The van der Waals surface area contributed by atoms with Gasteiger partial charge in [0.25, 0.3) is 0 Å². The molecule has 118 valence electrons. The van der Waals surface area contributed by atoms with E-state index in [4.69, 9.17) is 0 Å². The maximum Gasteiger partial charge on any atom is 0.0504 e. The van der Waals surface area contributed by atoms with Gasteiger partial charge in [-0.2, -0.15) is 0 Å². The minimum Gasteiger partial charge on any atom is -0.396 e. The highest BCUT2D eigenvalue weighted by Gasteiger charge is 2.41. The summed E-state index contributed by atoms with van der Waals surface area (Å²) in [7, 11) is 0. The second kappa shape index (κ2) is 5.71. The SMILES string of the molecule is CCC1CN2CCC1CC2c1[nH]c2ccccc2c1CCO. The summed E-state index contributed by atoms with van der Waals surface area (Å²) in [6, 6.07) is 9.05. The first-order valence-electron chi connectivity index (χ1n) is 8.76. The third-order valence-electron chi connectivity index (χ3n) is 5.96. The fourth-order valence-corrected chi connectivity index (χ4v) is 4.79. The number of benzene rings is 1. The number of aromatic nitrogens is 1. The van der Waals surface area contributed by atoms with Crippen LogP contribution in [-0.2, 0) is 6.42 Å². The summed E-state index contributed by atoms with van der Waals surface area (Å²) in [6.07, 6.45) is 4.71. The van der Waals surface area contributed by atoms with Gasteiger partial charge in [0, 0.05) is 29.7 Å². The van der Waals surface area contributed by atoms with Gasteiger partial charge in [-0.05, 0) is 49.3 Å². The topological polar surface area (TPSA) is 39.3 Å². The summed E-state index contributed by atoms with van der Waals surface area (Å²) in [5.74, 6) is 1.77. The van der Waals surface area contributed by atoms with Crippen molar-refractivity contribution in [3.8, 4) is 0 Å². The van der Waals surface area contributed by atoms with Crippen LogP contribution in [0.3, 0.4) is 0 Å². The van der Waals surface area contributed by atoms with Crippen LogP contribution in [0.4, 0.5) is 0 Å². The third kappa shape index (κ3) is 2.19. The molecule has 0 aliphatic carbocycles. The molecule has 0 saturated carbocycles. The van der Waals surface area contributed by atoms with Gasteiger partial charge in [0.2, 0.25) is 0 Å². The first-order valence-corrected chi connectivity index (χ1v) is 8.76. The minimum atomic E-state index is 0.225. The molecule has 3 aliphatic rings. The lowest BCUT2D eigenvalue weighted by Gasteiger charge is -2.50. The van der Waals surface area contributed by atoms with Crippen molar-refractivity contribution in [1.82, 2.24) is 9.88 Å². The van der Waals surface area contributed by atoms with E-state index < -0.39 is 0 Å². The molecule has 0 amide bonds. The summed E-state index contributed by atoms with van der Waals surface area (Å²) in [4.78, 5) is 6.36. The maximum absolute atomic E-state index is 9.50. The highest BCUT2D eigenvalue weighted by atomic mass is 16.2. The zero-order chi connectivity index (χ0) is 15.1. The summed E-state index contributed by atoms with van der Waals surface area (Å²) in [5, 5.41) is 10.8. The molecule has 22 heavy (non-hydrogen) atoms.